The Kier molecular flexibility index (Phi) is 8.72. The second-order valence-corrected chi connectivity index (χ2v) is 9.16. The van der Waals surface area contributed by atoms with E-state index in [4.69, 9.17) is 4.99 Å². The van der Waals surface area contributed by atoms with Crippen molar-refractivity contribution in [2.45, 2.75) is 46.3 Å². The summed E-state index contributed by atoms with van der Waals surface area (Å²) in [4.78, 5) is 23.9. The average Bonchev–Trinajstić information content (AvgIpc) is 3.22. The number of hydrogen-bond donors (Lipinski definition) is 2. The van der Waals surface area contributed by atoms with E-state index in [2.05, 4.69) is 58.7 Å². The van der Waals surface area contributed by atoms with Crippen molar-refractivity contribution in [3.8, 4) is 0 Å². The zero-order valence-electron chi connectivity index (χ0n) is 19.7. The molecule has 172 valence electrons. The zero-order chi connectivity index (χ0) is 22.2. The summed E-state index contributed by atoms with van der Waals surface area (Å²) in [6, 6.07) is 9.10. The van der Waals surface area contributed by atoms with Gasteiger partial charge in [-0.05, 0) is 31.5 Å². The Bertz CT molecular complexity index is 724. The first-order valence-electron chi connectivity index (χ1n) is 11.8. The fourth-order valence-corrected chi connectivity index (χ4v) is 4.14. The molecule has 2 aliphatic rings. The second kappa shape index (κ2) is 11.5. The van der Waals surface area contributed by atoms with E-state index in [0.717, 1.165) is 64.7 Å². The molecule has 7 heteroatoms. The third-order valence-corrected chi connectivity index (χ3v) is 6.12. The number of likely N-dealkylation sites (N-methyl/N-ethyl adjacent to an activating group) is 1. The van der Waals surface area contributed by atoms with E-state index >= 15 is 0 Å². The van der Waals surface area contributed by atoms with E-state index in [1.54, 1.807) is 0 Å². The molecule has 0 radical (unpaired) electrons. The Hall–Kier alpha value is -2.12. The molecule has 1 atom stereocenters. The van der Waals surface area contributed by atoms with E-state index in [9.17, 15) is 4.79 Å². The Morgan fingerprint density at radius 1 is 1.10 bits per heavy atom. The van der Waals surface area contributed by atoms with Gasteiger partial charge in [-0.3, -0.25) is 9.69 Å². The molecule has 31 heavy (non-hydrogen) atoms. The van der Waals surface area contributed by atoms with Crippen LogP contribution >= 0.6 is 0 Å². The molecule has 1 aromatic carbocycles. The molecule has 2 fully saturated rings. The highest BCUT2D eigenvalue weighted by Gasteiger charge is 2.27. The lowest BCUT2D eigenvalue weighted by Gasteiger charge is -2.32. The maximum atomic E-state index is 12.2. The number of nitrogens with zero attached hydrogens (tertiary/aromatic N) is 4. The van der Waals surface area contributed by atoms with Gasteiger partial charge in [0.15, 0.2) is 5.96 Å². The van der Waals surface area contributed by atoms with E-state index in [-0.39, 0.29) is 17.9 Å². The Balaban J connectivity index is 1.50. The lowest BCUT2D eigenvalue weighted by molar-refractivity contribution is -0.133. The van der Waals surface area contributed by atoms with Crippen LogP contribution in [0.4, 0.5) is 0 Å². The number of nitrogens with one attached hydrogen (secondary N) is 2. The average molecular weight is 429 g/mol. The highest BCUT2D eigenvalue weighted by atomic mass is 16.2. The van der Waals surface area contributed by atoms with Gasteiger partial charge in [-0.2, -0.15) is 0 Å². The second-order valence-electron chi connectivity index (χ2n) is 9.16. The first-order chi connectivity index (χ1) is 14.9. The highest BCUT2D eigenvalue weighted by Crippen LogP contribution is 2.13. The molecule has 1 aromatic rings. The van der Waals surface area contributed by atoms with Crippen molar-refractivity contribution < 1.29 is 4.79 Å². The Labute approximate surface area is 187 Å². The number of likely N-dealkylation sites (tertiary alicyclic amines) is 1. The Morgan fingerprint density at radius 3 is 2.42 bits per heavy atom. The van der Waals surface area contributed by atoms with Crippen LogP contribution in [0.25, 0.3) is 0 Å². The molecule has 0 bridgehead atoms. The minimum Gasteiger partial charge on any atom is -0.357 e. The number of carbonyl (C=O) groups excluding carboxylic acids is 1. The topological polar surface area (TPSA) is 63.2 Å². The number of carbonyl (C=O) groups is 1. The van der Waals surface area contributed by atoms with Crippen LogP contribution in [-0.4, -0.2) is 85.5 Å². The number of amides is 1. The summed E-state index contributed by atoms with van der Waals surface area (Å²) in [6.07, 6.45) is 0.962. The van der Waals surface area contributed by atoms with Crippen molar-refractivity contribution >= 4 is 11.9 Å². The van der Waals surface area contributed by atoms with Crippen LogP contribution < -0.4 is 10.6 Å². The predicted molar refractivity (Wildman–Crippen MR) is 127 cm³/mol. The van der Waals surface area contributed by atoms with Crippen LogP contribution in [0.15, 0.2) is 29.3 Å². The molecule has 7 nitrogen and oxygen atoms in total. The molecule has 3 rings (SSSR count). The van der Waals surface area contributed by atoms with Crippen molar-refractivity contribution in [1.82, 2.24) is 25.3 Å². The third-order valence-electron chi connectivity index (χ3n) is 6.12. The van der Waals surface area contributed by atoms with Gasteiger partial charge in [0.25, 0.3) is 0 Å². The van der Waals surface area contributed by atoms with Crippen molar-refractivity contribution in [2.24, 2.45) is 10.9 Å². The first kappa shape index (κ1) is 23.5. The van der Waals surface area contributed by atoms with Crippen molar-refractivity contribution in [3.63, 3.8) is 0 Å². The maximum absolute atomic E-state index is 12.2. The molecular formula is C24H40N6O. The molecule has 2 saturated heterocycles. The third kappa shape index (κ3) is 7.21. The standard InChI is InChI=1S/C24H40N6O/c1-5-25-24(27-22-10-11-30(18-22)23(31)19(2)3)26-16-20-6-8-21(9-7-20)17-29-14-12-28(4)13-15-29/h6-9,19,22H,5,10-18H2,1-4H3,(H2,25,26,27). The van der Waals surface area contributed by atoms with Gasteiger partial charge < -0.3 is 20.4 Å². The summed E-state index contributed by atoms with van der Waals surface area (Å²) in [6.45, 7) is 14.6. The van der Waals surface area contributed by atoms with Gasteiger partial charge in [-0.25, -0.2) is 4.99 Å². The molecule has 2 N–H and O–H groups in total. The monoisotopic (exact) mass is 428 g/mol. The quantitative estimate of drug-likeness (QED) is 0.512. The van der Waals surface area contributed by atoms with E-state index in [1.807, 2.05) is 18.7 Å². The van der Waals surface area contributed by atoms with Crippen LogP contribution in [0.2, 0.25) is 0 Å². The molecule has 2 aliphatic heterocycles. The molecule has 1 unspecified atom stereocenters. The van der Waals surface area contributed by atoms with Crippen LogP contribution in [0.1, 0.15) is 38.3 Å². The number of benzene rings is 1. The lowest BCUT2D eigenvalue weighted by Crippen LogP contribution is -2.45. The summed E-state index contributed by atoms with van der Waals surface area (Å²) in [7, 11) is 2.19. The summed E-state index contributed by atoms with van der Waals surface area (Å²) < 4.78 is 0. The molecule has 2 heterocycles. The molecule has 0 aliphatic carbocycles. The highest BCUT2D eigenvalue weighted by molar-refractivity contribution is 5.81. The van der Waals surface area contributed by atoms with E-state index < -0.39 is 0 Å². The first-order valence-corrected chi connectivity index (χ1v) is 11.8. The summed E-state index contributed by atoms with van der Waals surface area (Å²) in [5.74, 6) is 1.12. The summed E-state index contributed by atoms with van der Waals surface area (Å²) in [5, 5.41) is 6.85. The molecular weight excluding hydrogens is 388 g/mol. The Morgan fingerprint density at radius 2 is 1.77 bits per heavy atom. The lowest BCUT2D eigenvalue weighted by atomic mass is 10.1. The molecule has 1 amide bonds. The van der Waals surface area contributed by atoms with Gasteiger partial charge in [-0.15, -0.1) is 0 Å². The summed E-state index contributed by atoms with van der Waals surface area (Å²) >= 11 is 0. The number of rotatable bonds is 7. The van der Waals surface area contributed by atoms with Crippen molar-refractivity contribution in [2.75, 3.05) is 52.9 Å². The van der Waals surface area contributed by atoms with Crippen LogP contribution in [-0.2, 0) is 17.9 Å². The minimum absolute atomic E-state index is 0.0554. The van der Waals surface area contributed by atoms with Gasteiger partial charge in [-0.1, -0.05) is 38.1 Å². The number of guanidine groups is 1. The number of aliphatic imine (C=N–C) groups is 1. The SMILES string of the molecule is CCNC(=NCc1ccc(CN2CCN(C)CC2)cc1)NC1CCN(C(=O)C(C)C)C1. The molecule has 0 saturated carbocycles. The predicted octanol–water partition coefficient (Wildman–Crippen LogP) is 1.75. The van der Waals surface area contributed by atoms with Crippen LogP contribution in [0, 0.1) is 5.92 Å². The van der Waals surface area contributed by atoms with E-state index in [0.29, 0.717) is 6.54 Å². The summed E-state index contributed by atoms with van der Waals surface area (Å²) in [5.41, 5.74) is 2.57. The van der Waals surface area contributed by atoms with Crippen LogP contribution in [0.3, 0.4) is 0 Å². The largest absolute Gasteiger partial charge is 0.357 e. The normalized spacial score (nSPS) is 21.0. The zero-order valence-corrected chi connectivity index (χ0v) is 19.7. The van der Waals surface area contributed by atoms with Gasteiger partial charge in [0.2, 0.25) is 5.91 Å². The van der Waals surface area contributed by atoms with Gasteiger partial charge in [0.1, 0.15) is 0 Å². The van der Waals surface area contributed by atoms with Crippen molar-refractivity contribution in [3.05, 3.63) is 35.4 Å². The van der Waals surface area contributed by atoms with Gasteiger partial charge in [0.05, 0.1) is 6.54 Å². The minimum atomic E-state index is 0.0554. The van der Waals surface area contributed by atoms with Gasteiger partial charge in [0, 0.05) is 64.3 Å². The van der Waals surface area contributed by atoms with Gasteiger partial charge >= 0.3 is 0 Å². The number of hydrogen-bond acceptors (Lipinski definition) is 4. The van der Waals surface area contributed by atoms with E-state index in [1.165, 1.54) is 11.1 Å². The van der Waals surface area contributed by atoms with Crippen molar-refractivity contribution in [1.29, 1.82) is 0 Å². The molecule has 0 aromatic heterocycles. The smallest absolute Gasteiger partial charge is 0.225 e. The fraction of sp³-hybridized carbons (Fsp3) is 0.667. The number of piperazine rings is 1. The maximum Gasteiger partial charge on any atom is 0.225 e. The fourth-order valence-electron chi connectivity index (χ4n) is 4.14. The van der Waals surface area contributed by atoms with Crippen LogP contribution in [0.5, 0.6) is 0 Å². The molecule has 0 spiro atoms.